The van der Waals surface area contributed by atoms with Crippen LogP contribution in [0.25, 0.3) is 118 Å². The standard InChI is InChI=1S/C49H27N3OS2/c1-3-14-29(15-4-1)47-50-48(30-16-5-2-6-17-30)52-49(51-47)38-25-31(26-41-42(38)35-24-23-28-13-7-8-18-32(28)45(35)55-41)36-27-37-33-19-9-11-21-39(33)53-44(37)43-34-20-10-12-22-40(34)54-46(36)43/h1-27H. The SMILES string of the molecule is c1ccc(-c2nc(-c3ccccc3)nc(-c3cc(-c4cc5c6ccccc6oc5c5c4sc4ccccc45)cc4sc5c6ccccc6ccc5c34)n2)cc1. The summed E-state index contributed by atoms with van der Waals surface area (Å²) in [5, 5.41) is 9.42. The van der Waals surface area contributed by atoms with Gasteiger partial charge in [-0.1, -0.05) is 133 Å². The lowest BCUT2D eigenvalue weighted by Gasteiger charge is -2.12. The highest BCUT2D eigenvalue weighted by molar-refractivity contribution is 7.27. The van der Waals surface area contributed by atoms with Gasteiger partial charge in [0.15, 0.2) is 17.5 Å². The van der Waals surface area contributed by atoms with Gasteiger partial charge in [0.25, 0.3) is 0 Å². The van der Waals surface area contributed by atoms with Crippen LogP contribution in [0.1, 0.15) is 0 Å². The number of fused-ring (bicyclic) bond motifs is 12. The lowest BCUT2D eigenvalue weighted by Crippen LogP contribution is -2.00. The van der Waals surface area contributed by atoms with Gasteiger partial charge in [-0.3, -0.25) is 0 Å². The first-order valence-electron chi connectivity index (χ1n) is 18.3. The lowest BCUT2D eigenvalue weighted by molar-refractivity contribution is 0.673. The van der Waals surface area contributed by atoms with Gasteiger partial charge >= 0.3 is 0 Å². The Morgan fingerprint density at radius 1 is 0.382 bits per heavy atom. The van der Waals surface area contributed by atoms with E-state index >= 15 is 0 Å². The highest BCUT2D eigenvalue weighted by Gasteiger charge is 2.23. The average molecular weight is 738 g/mol. The van der Waals surface area contributed by atoms with E-state index in [2.05, 4.69) is 121 Å². The largest absolute Gasteiger partial charge is 0.455 e. The van der Waals surface area contributed by atoms with Crippen molar-refractivity contribution in [1.29, 1.82) is 0 Å². The van der Waals surface area contributed by atoms with Gasteiger partial charge in [-0.2, -0.15) is 0 Å². The van der Waals surface area contributed by atoms with Crippen LogP contribution in [-0.4, -0.2) is 15.0 Å². The Kier molecular flexibility index (Phi) is 6.64. The number of hydrogen-bond donors (Lipinski definition) is 0. The van der Waals surface area contributed by atoms with E-state index in [4.69, 9.17) is 19.4 Å². The maximum absolute atomic E-state index is 6.66. The van der Waals surface area contributed by atoms with Crippen molar-refractivity contribution in [1.82, 2.24) is 15.0 Å². The van der Waals surface area contributed by atoms with Crippen LogP contribution in [0.5, 0.6) is 0 Å². The molecule has 0 aliphatic heterocycles. The van der Waals surface area contributed by atoms with Crippen molar-refractivity contribution in [3.63, 3.8) is 0 Å². The van der Waals surface area contributed by atoms with Crippen LogP contribution in [0, 0.1) is 0 Å². The lowest BCUT2D eigenvalue weighted by atomic mass is 9.95. The third-order valence-electron chi connectivity index (χ3n) is 10.7. The van der Waals surface area contributed by atoms with Crippen LogP contribution in [0.2, 0.25) is 0 Å². The highest BCUT2D eigenvalue weighted by atomic mass is 32.1. The first-order chi connectivity index (χ1) is 27.2. The normalized spacial score (nSPS) is 12.0. The van der Waals surface area contributed by atoms with Crippen LogP contribution < -0.4 is 0 Å². The molecule has 0 saturated carbocycles. The molecule has 12 aromatic rings. The molecule has 0 N–H and O–H groups in total. The summed E-state index contributed by atoms with van der Waals surface area (Å²) in [6.07, 6.45) is 0. The monoisotopic (exact) mass is 737 g/mol. The number of hydrogen-bond acceptors (Lipinski definition) is 6. The Bertz CT molecular complexity index is 3430. The predicted molar refractivity (Wildman–Crippen MR) is 232 cm³/mol. The molecule has 0 amide bonds. The average Bonchev–Trinajstić information content (AvgIpc) is 3.95. The van der Waals surface area contributed by atoms with E-state index in [1.54, 1.807) is 0 Å². The summed E-state index contributed by atoms with van der Waals surface area (Å²) < 4.78 is 11.5. The van der Waals surface area contributed by atoms with Gasteiger partial charge in [0.2, 0.25) is 0 Å². The molecule has 0 fully saturated rings. The zero-order valence-electron chi connectivity index (χ0n) is 29.2. The van der Waals surface area contributed by atoms with E-state index in [1.807, 2.05) is 65.1 Å². The summed E-state index contributed by atoms with van der Waals surface area (Å²) in [6, 6.07) is 57.7. The molecule has 4 aromatic heterocycles. The molecule has 0 saturated heterocycles. The van der Waals surface area contributed by atoms with Crippen LogP contribution in [-0.2, 0) is 0 Å². The molecule has 256 valence electrons. The summed E-state index contributed by atoms with van der Waals surface area (Å²) in [6.45, 7) is 0. The summed E-state index contributed by atoms with van der Waals surface area (Å²) >= 11 is 3.67. The first kappa shape index (κ1) is 30.7. The summed E-state index contributed by atoms with van der Waals surface area (Å²) in [4.78, 5) is 15.6. The van der Waals surface area contributed by atoms with Gasteiger partial charge in [0, 0.05) is 73.4 Å². The number of rotatable bonds is 4. The molecule has 12 rings (SSSR count). The number of furan rings is 1. The second kappa shape index (κ2) is 11.9. The van der Waals surface area contributed by atoms with E-state index in [9.17, 15) is 0 Å². The van der Waals surface area contributed by atoms with Gasteiger partial charge in [-0.25, -0.2) is 15.0 Å². The van der Waals surface area contributed by atoms with E-state index in [0.29, 0.717) is 17.5 Å². The number of benzene rings is 8. The Morgan fingerprint density at radius 2 is 1.02 bits per heavy atom. The minimum Gasteiger partial charge on any atom is -0.455 e. The number of nitrogens with zero attached hydrogens (tertiary/aromatic N) is 3. The smallest absolute Gasteiger partial charge is 0.164 e. The third-order valence-corrected chi connectivity index (χ3v) is 13.1. The fourth-order valence-corrected chi connectivity index (χ4v) is 10.7. The van der Waals surface area contributed by atoms with Crippen LogP contribution in [0.15, 0.2) is 168 Å². The minimum atomic E-state index is 0.645. The van der Waals surface area contributed by atoms with Crippen molar-refractivity contribution in [2.75, 3.05) is 0 Å². The van der Waals surface area contributed by atoms with Crippen molar-refractivity contribution in [2.24, 2.45) is 0 Å². The second-order valence-electron chi connectivity index (χ2n) is 13.9. The molecule has 0 aliphatic carbocycles. The van der Waals surface area contributed by atoms with E-state index in [-0.39, 0.29) is 0 Å². The Hall–Kier alpha value is -6.73. The van der Waals surface area contributed by atoms with E-state index < -0.39 is 0 Å². The number of aromatic nitrogens is 3. The maximum Gasteiger partial charge on any atom is 0.164 e. The van der Waals surface area contributed by atoms with Gasteiger partial charge in [0.05, 0.1) is 0 Å². The maximum atomic E-state index is 6.66. The van der Waals surface area contributed by atoms with E-state index in [1.165, 1.54) is 45.9 Å². The van der Waals surface area contributed by atoms with Gasteiger partial charge in [-0.15, -0.1) is 22.7 Å². The van der Waals surface area contributed by atoms with Gasteiger partial charge in [-0.05, 0) is 46.7 Å². The van der Waals surface area contributed by atoms with Gasteiger partial charge in [0.1, 0.15) is 11.2 Å². The fraction of sp³-hybridized carbons (Fsp3) is 0. The minimum absolute atomic E-state index is 0.645. The van der Waals surface area contributed by atoms with Crippen molar-refractivity contribution in [3.05, 3.63) is 164 Å². The molecule has 0 unspecified atom stereocenters. The molecule has 6 heteroatoms. The molecule has 0 radical (unpaired) electrons. The number of thiophene rings is 2. The Morgan fingerprint density at radius 3 is 1.80 bits per heavy atom. The zero-order valence-corrected chi connectivity index (χ0v) is 30.8. The van der Waals surface area contributed by atoms with Crippen molar-refractivity contribution < 1.29 is 4.42 Å². The molecule has 0 spiro atoms. The fourth-order valence-electron chi connectivity index (χ4n) is 8.17. The molecule has 0 atom stereocenters. The highest BCUT2D eigenvalue weighted by Crippen LogP contribution is 2.50. The molecule has 0 aliphatic rings. The molecule has 4 heterocycles. The zero-order chi connectivity index (χ0) is 36.0. The second-order valence-corrected chi connectivity index (χ2v) is 16.0. The molecular weight excluding hydrogens is 711 g/mol. The molecule has 8 aromatic carbocycles. The quantitative estimate of drug-likeness (QED) is 0.180. The van der Waals surface area contributed by atoms with E-state index in [0.717, 1.165) is 55.0 Å². The van der Waals surface area contributed by atoms with Crippen LogP contribution in [0.4, 0.5) is 0 Å². The molecule has 4 nitrogen and oxygen atoms in total. The topological polar surface area (TPSA) is 51.8 Å². The summed E-state index contributed by atoms with van der Waals surface area (Å²) in [7, 11) is 0. The van der Waals surface area contributed by atoms with Crippen LogP contribution in [0.3, 0.4) is 0 Å². The van der Waals surface area contributed by atoms with Crippen molar-refractivity contribution >= 4 is 95.7 Å². The predicted octanol–water partition coefficient (Wildman–Crippen LogP) is 14.3. The van der Waals surface area contributed by atoms with Gasteiger partial charge < -0.3 is 4.42 Å². The van der Waals surface area contributed by atoms with Crippen LogP contribution >= 0.6 is 22.7 Å². The summed E-state index contributed by atoms with van der Waals surface area (Å²) in [5.74, 6) is 1.94. The third kappa shape index (κ3) is 4.72. The summed E-state index contributed by atoms with van der Waals surface area (Å²) in [5.41, 5.74) is 6.99. The van der Waals surface area contributed by atoms with Crippen molar-refractivity contribution in [3.8, 4) is 45.3 Å². The first-order valence-corrected chi connectivity index (χ1v) is 19.9. The Labute approximate surface area is 322 Å². The van der Waals surface area contributed by atoms with Crippen molar-refractivity contribution in [2.45, 2.75) is 0 Å². The molecule has 0 bridgehead atoms. The number of para-hydroxylation sites is 1. The molecular formula is C49H27N3OS2. The Balaban J connectivity index is 1.23. The molecule has 55 heavy (non-hydrogen) atoms.